The number of rotatable bonds is 7. The van der Waals surface area contributed by atoms with Crippen molar-refractivity contribution in [1.82, 2.24) is 0 Å². The molecule has 0 spiro atoms. The predicted molar refractivity (Wildman–Crippen MR) is 49.8 cm³/mol. The van der Waals surface area contributed by atoms with Crippen LogP contribution < -0.4 is 0 Å². The number of carbonyl (C=O) groups excluding carboxylic acids is 1. The Labute approximate surface area is 74.3 Å². The summed E-state index contributed by atoms with van der Waals surface area (Å²) in [6.07, 6.45) is 9.05. The zero-order valence-corrected chi connectivity index (χ0v) is 7.68. The summed E-state index contributed by atoms with van der Waals surface area (Å²) in [5.74, 6) is 0.154. The minimum absolute atomic E-state index is 0.154. The fourth-order valence-electron chi connectivity index (χ4n) is 1.05. The van der Waals surface area contributed by atoms with Crippen molar-refractivity contribution in [2.75, 3.05) is 0 Å². The van der Waals surface area contributed by atoms with E-state index in [-0.39, 0.29) is 5.76 Å². The van der Waals surface area contributed by atoms with Gasteiger partial charge in [-0.3, -0.25) is 4.79 Å². The molecule has 0 atom stereocenters. The van der Waals surface area contributed by atoms with Gasteiger partial charge >= 0.3 is 0 Å². The Morgan fingerprint density at radius 2 is 2.00 bits per heavy atom. The molecule has 0 fully saturated rings. The summed E-state index contributed by atoms with van der Waals surface area (Å²) in [5, 5.41) is 9.00. The van der Waals surface area contributed by atoms with Gasteiger partial charge in [-0.2, -0.15) is 0 Å². The van der Waals surface area contributed by atoms with Gasteiger partial charge in [-0.15, -0.1) is 0 Å². The lowest BCUT2D eigenvalue weighted by Crippen LogP contribution is -1.83. The Morgan fingerprint density at radius 3 is 2.58 bits per heavy atom. The highest BCUT2D eigenvalue weighted by atomic mass is 16.3. The molecule has 1 N–H and O–H groups in total. The normalized spacial score (nSPS) is 11.6. The zero-order valence-electron chi connectivity index (χ0n) is 7.68. The highest BCUT2D eigenvalue weighted by molar-refractivity contribution is 5.66. The fourth-order valence-corrected chi connectivity index (χ4v) is 1.05. The number of unbranched alkanes of at least 4 members (excludes halogenated alkanes) is 4. The van der Waals surface area contributed by atoms with Gasteiger partial charge in [-0.25, -0.2) is 0 Å². The van der Waals surface area contributed by atoms with Gasteiger partial charge in [0.2, 0.25) is 6.29 Å². The Morgan fingerprint density at radius 1 is 1.33 bits per heavy atom. The Kier molecular flexibility index (Phi) is 7.76. The first-order valence-corrected chi connectivity index (χ1v) is 4.57. The van der Waals surface area contributed by atoms with Crippen molar-refractivity contribution in [2.24, 2.45) is 0 Å². The third kappa shape index (κ3) is 7.32. The van der Waals surface area contributed by atoms with Gasteiger partial charge in [0.1, 0.15) is 0 Å². The predicted octanol–water partition coefficient (Wildman–Crippen LogP) is 2.90. The lowest BCUT2D eigenvalue weighted by molar-refractivity contribution is 0.380. The van der Waals surface area contributed by atoms with Crippen LogP contribution in [0.25, 0.3) is 0 Å². The first-order chi connectivity index (χ1) is 5.81. The SMILES string of the molecule is CCCCCCCC(O)=C[C]=O. The minimum Gasteiger partial charge on any atom is -0.512 e. The molecule has 0 saturated carbocycles. The van der Waals surface area contributed by atoms with Crippen molar-refractivity contribution in [3.05, 3.63) is 11.8 Å². The number of aliphatic hydroxyl groups excluding tert-OH is 1. The molecule has 69 valence electrons. The van der Waals surface area contributed by atoms with Crippen LogP contribution in [-0.2, 0) is 4.79 Å². The highest BCUT2D eigenvalue weighted by Gasteiger charge is 1.93. The van der Waals surface area contributed by atoms with Crippen LogP contribution in [0, 0.1) is 0 Å². The van der Waals surface area contributed by atoms with Crippen LogP contribution in [-0.4, -0.2) is 11.4 Å². The Bertz CT molecular complexity index is 139. The van der Waals surface area contributed by atoms with E-state index in [1.165, 1.54) is 19.3 Å². The van der Waals surface area contributed by atoms with E-state index in [2.05, 4.69) is 6.92 Å². The summed E-state index contributed by atoms with van der Waals surface area (Å²) >= 11 is 0. The lowest BCUT2D eigenvalue weighted by Gasteiger charge is -1.98. The van der Waals surface area contributed by atoms with Gasteiger partial charge in [0.15, 0.2) is 0 Å². The van der Waals surface area contributed by atoms with Crippen molar-refractivity contribution >= 4 is 6.29 Å². The van der Waals surface area contributed by atoms with E-state index in [0.717, 1.165) is 18.9 Å². The molecule has 2 nitrogen and oxygen atoms in total. The van der Waals surface area contributed by atoms with E-state index in [1.807, 2.05) is 0 Å². The number of allylic oxidation sites excluding steroid dienone is 2. The number of hydrogen-bond acceptors (Lipinski definition) is 2. The van der Waals surface area contributed by atoms with E-state index in [4.69, 9.17) is 5.11 Å². The van der Waals surface area contributed by atoms with Gasteiger partial charge in [-0.05, 0) is 6.42 Å². The van der Waals surface area contributed by atoms with Crippen molar-refractivity contribution < 1.29 is 9.90 Å². The standard InChI is InChI=1S/C10H17O2/c1-2-3-4-5-6-7-10(12)8-9-11/h8,12H,2-7H2,1H3. The Balaban J connectivity index is 3.19. The minimum atomic E-state index is 0.154. The molecule has 2 heteroatoms. The molecule has 12 heavy (non-hydrogen) atoms. The molecule has 0 aromatic heterocycles. The van der Waals surface area contributed by atoms with Crippen LogP contribution in [0.1, 0.15) is 45.4 Å². The molecule has 0 aromatic carbocycles. The quantitative estimate of drug-likeness (QED) is 0.361. The monoisotopic (exact) mass is 169 g/mol. The van der Waals surface area contributed by atoms with Crippen LogP contribution in [0.5, 0.6) is 0 Å². The second kappa shape index (κ2) is 8.31. The first kappa shape index (κ1) is 11.2. The van der Waals surface area contributed by atoms with E-state index in [9.17, 15) is 4.79 Å². The molecular weight excluding hydrogens is 152 g/mol. The number of aliphatic hydroxyl groups is 1. The molecule has 1 radical (unpaired) electrons. The summed E-state index contributed by atoms with van der Waals surface area (Å²) in [7, 11) is 0. The molecule has 0 bridgehead atoms. The maximum absolute atomic E-state index is 9.79. The van der Waals surface area contributed by atoms with Gasteiger partial charge < -0.3 is 5.11 Å². The first-order valence-electron chi connectivity index (χ1n) is 4.57. The van der Waals surface area contributed by atoms with Crippen LogP contribution in [0.15, 0.2) is 11.8 Å². The Hall–Kier alpha value is -0.790. The third-order valence-electron chi connectivity index (χ3n) is 1.76. The van der Waals surface area contributed by atoms with E-state index >= 15 is 0 Å². The van der Waals surface area contributed by atoms with Gasteiger partial charge in [0.05, 0.1) is 5.76 Å². The van der Waals surface area contributed by atoms with Crippen molar-refractivity contribution in [3.63, 3.8) is 0 Å². The molecule has 0 heterocycles. The molecule has 0 saturated heterocycles. The highest BCUT2D eigenvalue weighted by Crippen LogP contribution is 2.08. The van der Waals surface area contributed by atoms with Crippen molar-refractivity contribution in [3.8, 4) is 0 Å². The summed E-state index contributed by atoms with van der Waals surface area (Å²) in [5.41, 5.74) is 0. The molecule has 0 aliphatic carbocycles. The maximum Gasteiger partial charge on any atom is 0.229 e. The van der Waals surface area contributed by atoms with E-state index < -0.39 is 0 Å². The second-order valence-electron chi connectivity index (χ2n) is 2.92. The molecule has 0 aromatic rings. The number of hydrogen-bond donors (Lipinski definition) is 1. The largest absolute Gasteiger partial charge is 0.512 e. The molecule has 0 aliphatic rings. The summed E-state index contributed by atoms with van der Waals surface area (Å²) in [4.78, 5) is 9.79. The van der Waals surface area contributed by atoms with E-state index in [1.54, 1.807) is 6.29 Å². The van der Waals surface area contributed by atoms with Gasteiger partial charge in [0.25, 0.3) is 0 Å². The summed E-state index contributed by atoms with van der Waals surface area (Å²) in [6.45, 7) is 2.17. The fraction of sp³-hybridized carbons (Fsp3) is 0.700. The smallest absolute Gasteiger partial charge is 0.229 e. The average molecular weight is 169 g/mol. The molecular formula is C10H17O2. The topological polar surface area (TPSA) is 37.3 Å². The average Bonchev–Trinajstić information content (AvgIpc) is 2.05. The van der Waals surface area contributed by atoms with Crippen LogP contribution in [0.4, 0.5) is 0 Å². The molecule has 0 amide bonds. The maximum atomic E-state index is 9.79. The molecule has 0 rings (SSSR count). The second-order valence-corrected chi connectivity index (χ2v) is 2.92. The lowest BCUT2D eigenvalue weighted by atomic mass is 10.1. The molecule has 0 unspecified atom stereocenters. The van der Waals surface area contributed by atoms with Crippen LogP contribution >= 0.6 is 0 Å². The van der Waals surface area contributed by atoms with Gasteiger partial charge in [-0.1, -0.05) is 32.6 Å². The third-order valence-corrected chi connectivity index (χ3v) is 1.76. The van der Waals surface area contributed by atoms with E-state index in [0.29, 0.717) is 6.42 Å². The zero-order chi connectivity index (χ0) is 9.23. The summed E-state index contributed by atoms with van der Waals surface area (Å²) in [6, 6.07) is 0. The van der Waals surface area contributed by atoms with Crippen molar-refractivity contribution in [1.29, 1.82) is 0 Å². The molecule has 0 aliphatic heterocycles. The summed E-state index contributed by atoms with van der Waals surface area (Å²) < 4.78 is 0. The van der Waals surface area contributed by atoms with Gasteiger partial charge in [0, 0.05) is 12.5 Å². The van der Waals surface area contributed by atoms with Crippen LogP contribution in [0.2, 0.25) is 0 Å². The van der Waals surface area contributed by atoms with Crippen molar-refractivity contribution in [2.45, 2.75) is 45.4 Å². The van der Waals surface area contributed by atoms with Crippen LogP contribution in [0.3, 0.4) is 0 Å².